The van der Waals surface area contributed by atoms with E-state index < -0.39 is 0 Å². The first-order valence-electron chi connectivity index (χ1n) is 9.33. The standard InChI is InChI=1S/C22H25N3O/c1-14(2)16-6-8-17(9-7-16)19-11-20(19)22(26)23-12-18-13-25-10-4-5-15(3)21(25)24-18/h4-10,13-14,19-20H,11-12H2,1-3H3,(H,23,26)/t19-,20+/m0/s1. The predicted octanol–water partition coefficient (Wildman–Crippen LogP) is 4.19. The quantitative estimate of drug-likeness (QED) is 0.752. The lowest BCUT2D eigenvalue weighted by Crippen LogP contribution is -2.25. The van der Waals surface area contributed by atoms with E-state index in [0.717, 1.165) is 23.3 Å². The van der Waals surface area contributed by atoms with Crippen LogP contribution in [-0.2, 0) is 11.3 Å². The van der Waals surface area contributed by atoms with E-state index in [0.29, 0.717) is 18.4 Å². The van der Waals surface area contributed by atoms with E-state index in [4.69, 9.17) is 0 Å². The molecule has 0 bridgehead atoms. The molecule has 1 amide bonds. The molecule has 3 aromatic rings. The van der Waals surface area contributed by atoms with Crippen LogP contribution in [0.4, 0.5) is 0 Å². The summed E-state index contributed by atoms with van der Waals surface area (Å²) in [7, 11) is 0. The number of imidazole rings is 1. The Morgan fingerprint density at radius 1 is 1.27 bits per heavy atom. The first kappa shape index (κ1) is 16.8. The maximum atomic E-state index is 12.5. The highest BCUT2D eigenvalue weighted by atomic mass is 16.2. The summed E-state index contributed by atoms with van der Waals surface area (Å²) in [6.07, 6.45) is 4.91. The van der Waals surface area contributed by atoms with Gasteiger partial charge in [-0.2, -0.15) is 0 Å². The maximum Gasteiger partial charge on any atom is 0.224 e. The summed E-state index contributed by atoms with van der Waals surface area (Å²) in [6, 6.07) is 12.8. The minimum absolute atomic E-state index is 0.0960. The topological polar surface area (TPSA) is 46.4 Å². The van der Waals surface area contributed by atoms with E-state index in [1.807, 2.05) is 35.9 Å². The molecule has 0 unspecified atom stereocenters. The minimum Gasteiger partial charge on any atom is -0.350 e. The second-order valence-electron chi connectivity index (χ2n) is 7.64. The SMILES string of the molecule is Cc1cccn2cc(CNC(=O)[C@@H]3C[C@H]3c3ccc(C(C)C)cc3)nc12. The van der Waals surface area contributed by atoms with Gasteiger partial charge in [0.15, 0.2) is 0 Å². The fourth-order valence-corrected chi connectivity index (χ4v) is 3.58. The number of hydrogen-bond acceptors (Lipinski definition) is 2. The molecule has 1 aliphatic rings. The zero-order valence-corrected chi connectivity index (χ0v) is 15.6. The monoisotopic (exact) mass is 347 g/mol. The predicted molar refractivity (Wildman–Crippen MR) is 103 cm³/mol. The van der Waals surface area contributed by atoms with E-state index in [1.54, 1.807) is 0 Å². The lowest BCUT2D eigenvalue weighted by Gasteiger charge is -2.07. The molecule has 0 spiro atoms. The molecule has 4 heteroatoms. The third kappa shape index (κ3) is 3.24. The number of rotatable bonds is 5. The third-order valence-electron chi connectivity index (χ3n) is 5.33. The van der Waals surface area contributed by atoms with Crippen molar-refractivity contribution in [3.05, 3.63) is 71.2 Å². The van der Waals surface area contributed by atoms with Crippen molar-refractivity contribution in [2.75, 3.05) is 0 Å². The summed E-state index contributed by atoms with van der Waals surface area (Å²) in [6.45, 7) is 6.92. The fourth-order valence-electron chi connectivity index (χ4n) is 3.58. The summed E-state index contributed by atoms with van der Waals surface area (Å²) in [5, 5.41) is 3.06. The highest BCUT2D eigenvalue weighted by Gasteiger charge is 2.43. The van der Waals surface area contributed by atoms with Crippen molar-refractivity contribution >= 4 is 11.6 Å². The van der Waals surface area contributed by atoms with E-state index >= 15 is 0 Å². The zero-order chi connectivity index (χ0) is 18.3. The van der Waals surface area contributed by atoms with Gasteiger partial charge in [0, 0.05) is 18.3 Å². The molecule has 2 aromatic heterocycles. The number of pyridine rings is 1. The van der Waals surface area contributed by atoms with E-state index in [9.17, 15) is 4.79 Å². The molecule has 1 fully saturated rings. The number of nitrogens with one attached hydrogen (secondary N) is 1. The number of nitrogens with zero attached hydrogens (tertiary/aromatic N) is 2. The Bertz CT molecular complexity index is 940. The van der Waals surface area contributed by atoms with Gasteiger partial charge in [0.2, 0.25) is 5.91 Å². The third-order valence-corrected chi connectivity index (χ3v) is 5.33. The average molecular weight is 347 g/mol. The number of carbonyl (C=O) groups excluding carboxylic acids is 1. The lowest BCUT2D eigenvalue weighted by atomic mass is 10.00. The molecule has 1 aliphatic carbocycles. The molecule has 0 aliphatic heterocycles. The van der Waals surface area contributed by atoms with Gasteiger partial charge in [0.05, 0.1) is 12.2 Å². The van der Waals surface area contributed by atoms with E-state index in [-0.39, 0.29) is 11.8 Å². The molecule has 1 N–H and O–H groups in total. The Hall–Kier alpha value is -2.62. The Labute approximate surface area is 154 Å². The summed E-state index contributed by atoms with van der Waals surface area (Å²) in [5.74, 6) is 1.13. The summed E-state index contributed by atoms with van der Waals surface area (Å²) in [5.41, 5.74) is 5.60. The van der Waals surface area contributed by atoms with Gasteiger partial charge in [0.1, 0.15) is 5.65 Å². The Kier molecular flexibility index (Phi) is 4.27. The molecule has 2 heterocycles. The van der Waals surface area contributed by atoms with Crippen molar-refractivity contribution in [1.29, 1.82) is 0 Å². The van der Waals surface area contributed by atoms with Crippen LogP contribution in [0.15, 0.2) is 48.8 Å². The van der Waals surface area contributed by atoms with Gasteiger partial charge < -0.3 is 9.72 Å². The van der Waals surface area contributed by atoms with E-state index in [2.05, 4.69) is 48.4 Å². The van der Waals surface area contributed by atoms with Crippen LogP contribution in [0.3, 0.4) is 0 Å². The summed E-state index contributed by atoms with van der Waals surface area (Å²) < 4.78 is 2.01. The van der Waals surface area contributed by atoms with Crippen molar-refractivity contribution in [3.8, 4) is 0 Å². The summed E-state index contributed by atoms with van der Waals surface area (Å²) in [4.78, 5) is 17.1. The van der Waals surface area contributed by atoms with Gasteiger partial charge in [-0.3, -0.25) is 4.79 Å². The van der Waals surface area contributed by atoms with Gasteiger partial charge >= 0.3 is 0 Å². The van der Waals surface area contributed by atoms with Crippen molar-refractivity contribution in [1.82, 2.24) is 14.7 Å². The molecule has 26 heavy (non-hydrogen) atoms. The molecule has 1 saturated carbocycles. The lowest BCUT2D eigenvalue weighted by molar-refractivity contribution is -0.122. The van der Waals surface area contributed by atoms with Crippen molar-refractivity contribution in [3.63, 3.8) is 0 Å². The summed E-state index contributed by atoms with van der Waals surface area (Å²) >= 11 is 0. The number of benzene rings is 1. The van der Waals surface area contributed by atoms with Gasteiger partial charge in [-0.25, -0.2) is 4.98 Å². The van der Waals surface area contributed by atoms with Crippen molar-refractivity contribution in [2.45, 2.75) is 45.6 Å². The average Bonchev–Trinajstić information content (AvgIpc) is 3.32. The first-order chi connectivity index (χ1) is 12.5. The maximum absolute atomic E-state index is 12.5. The van der Waals surface area contributed by atoms with Crippen LogP contribution < -0.4 is 5.32 Å². The molecule has 0 saturated heterocycles. The molecule has 2 atom stereocenters. The van der Waals surface area contributed by atoms with E-state index in [1.165, 1.54) is 11.1 Å². The van der Waals surface area contributed by atoms with Crippen LogP contribution in [0.25, 0.3) is 5.65 Å². The van der Waals surface area contributed by atoms with Crippen molar-refractivity contribution < 1.29 is 4.79 Å². The Morgan fingerprint density at radius 2 is 2.04 bits per heavy atom. The van der Waals surface area contributed by atoms with Gasteiger partial charge in [-0.15, -0.1) is 0 Å². The number of carbonyl (C=O) groups is 1. The molecule has 134 valence electrons. The number of aryl methyl sites for hydroxylation is 1. The minimum atomic E-state index is 0.0960. The van der Waals surface area contributed by atoms with Crippen LogP contribution in [0, 0.1) is 12.8 Å². The van der Waals surface area contributed by atoms with Gasteiger partial charge in [-0.1, -0.05) is 44.2 Å². The van der Waals surface area contributed by atoms with Crippen LogP contribution in [0.5, 0.6) is 0 Å². The largest absolute Gasteiger partial charge is 0.350 e. The number of amides is 1. The Balaban J connectivity index is 1.36. The van der Waals surface area contributed by atoms with Crippen LogP contribution in [0.2, 0.25) is 0 Å². The highest BCUT2D eigenvalue weighted by molar-refractivity contribution is 5.82. The Morgan fingerprint density at radius 3 is 2.73 bits per heavy atom. The van der Waals surface area contributed by atoms with Crippen LogP contribution in [0.1, 0.15) is 54.5 Å². The highest BCUT2D eigenvalue weighted by Crippen LogP contribution is 2.47. The first-order valence-corrected chi connectivity index (χ1v) is 9.33. The second-order valence-corrected chi connectivity index (χ2v) is 7.64. The van der Waals surface area contributed by atoms with Gasteiger partial charge in [-0.05, 0) is 47.9 Å². The molecule has 4 nitrogen and oxygen atoms in total. The molecule has 4 rings (SSSR count). The number of fused-ring (bicyclic) bond motifs is 1. The van der Waals surface area contributed by atoms with Crippen LogP contribution >= 0.6 is 0 Å². The number of aromatic nitrogens is 2. The molecular weight excluding hydrogens is 322 g/mol. The zero-order valence-electron chi connectivity index (χ0n) is 15.6. The molecule has 1 aromatic carbocycles. The second kappa shape index (κ2) is 6.60. The van der Waals surface area contributed by atoms with Crippen molar-refractivity contribution in [2.24, 2.45) is 5.92 Å². The molecular formula is C22H25N3O. The number of hydrogen-bond donors (Lipinski definition) is 1. The molecule has 0 radical (unpaired) electrons. The fraction of sp³-hybridized carbons (Fsp3) is 0.364. The van der Waals surface area contributed by atoms with Gasteiger partial charge in [0.25, 0.3) is 0 Å². The smallest absolute Gasteiger partial charge is 0.224 e. The van der Waals surface area contributed by atoms with Crippen LogP contribution in [-0.4, -0.2) is 15.3 Å². The normalized spacial score (nSPS) is 19.1.